The molecule has 0 aliphatic carbocycles. The van der Waals surface area contributed by atoms with Crippen molar-refractivity contribution in [3.8, 4) is 5.88 Å². The molecule has 17 heavy (non-hydrogen) atoms. The van der Waals surface area contributed by atoms with Gasteiger partial charge in [0.25, 0.3) is 0 Å². The molecule has 96 valence electrons. The van der Waals surface area contributed by atoms with Gasteiger partial charge in [-0.25, -0.2) is 4.98 Å². The van der Waals surface area contributed by atoms with E-state index in [9.17, 15) is 21.6 Å². The maximum absolute atomic E-state index is 11.9. The minimum Gasteiger partial charge on any atom is -0.481 e. The van der Waals surface area contributed by atoms with Crippen molar-refractivity contribution in [2.75, 3.05) is 7.11 Å². The summed E-state index contributed by atoms with van der Waals surface area (Å²) in [5.41, 5.74) is -5.24. The first-order valence-electron chi connectivity index (χ1n) is 4.21. The van der Waals surface area contributed by atoms with Crippen molar-refractivity contribution in [1.82, 2.24) is 4.98 Å². The molecule has 0 aliphatic rings. The summed E-state index contributed by atoms with van der Waals surface area (Å²) in [6.45, 7) is -0.737. The second-order valence-corrected chi connectivity index (χ2v) is 4.48. The van der Waals surface area contributed by atoms with Gasteiger partial charge in [0, 0.05) is 12.3 Å². The van der Waals surface area contributed by atoms with Gasteiger partial charge in [0.05, 0.1) is 13.7 Å². The van der Waals surface area contributed by atoms with Crippen LogP contribution in [-0.4, -0.2) is 26.0 Å². The zero-order chi connectivity index (χ0) is 13.1. The summed E-state index contributed by atoms with van der Waals surface area (Å²) in [4.78, 5) is 3.68. The van der Waals surface area contributed by atoms with E-state index >= 15 is 0 Å². The fraction of sp³-hybridized carbons (Fsp3) is 0.375. The van der Waals surface area contributed by atoms with Crippen LogP contribution in [0.1, 0.15) is 5.56 Å². The minimum atomic E-state index is -5.57. The molecule has 1 aromatic heterocycles. The highest BCUT2D eigenvalue weighted by Crippen LogP contribution is 2.25. The van der Waals surface area contributed by atoms with Gasteiger partial charge in [-0.2, -0.15) is 21.6 Å². The number of methoxy groups -OCH3 is 1. The molecule has 0 bridgehead atoms. The fourth-order valence-corrected chi connectivity index (χ4v) is 1.25. The molecule has 0 N–H and O–H groups in total. The van der Waals surface area contributed by atoms with Crippen LogP contribution in [0.4, 0.5) is 13.2 Å². The molecule has 0 aliphatic heterocycles. The molecule has 0 saturated heterocycles. The van der Waals surface area contributed by atoms with Gasteiger partial charge in [-0.3, -0.25) is 4.18 Å². The summed E-state index contributed by atoms with van der Waals surface area (Å²) in [6, 6.07) is 2.72. The highest BCUT2D eigenvalue weighted by Gasteiger charge is 2.47. The van der Waals surface area contributed by atoms with Crippen molar-refractivity contribution in [3.63, 3.8) is 0 Å². The van der Waals surface area contributed by atoms with Crippen LogP contribution >= 0.6 is 0 Å². The third-order valence-electron chi connectivity index (χ3n) is 1.67. The Bertz CT molecular complexity index is 469. The molecular weight excluding hydrogens is 263 g/mol. The molecule has 0 atom stereocenters. The molecule has 0 amide bonds. The van der Waals surface area contributed by atoms with E-state index in [4.69, 9.17) is 4.74 Å². The van der Waals surface area contributed by atoms with Crippen molar-refractivity contribution in [2.24, 2.45) is 0 Å². The lowest BCUT2D eigenvalue weighted by Gasteiger charge is -2.08. The monoisotopic (exact) mass is 271 g/mol. The number of halogens is 3. The van der Waals surface area contributed by atoms with Gasteiger partial charge >= 0.3 is 15.6 Å². The van der Waals surface area contributed by atoms with E-state index in [2.05, 4.69) is 9.17 Å². The lowest BCUT2D eigenvalue weighted by Crippen LogP contribution is -2.25. The third-order valence-corrected chi connectivity index (χ3v) is 2.67. The normalized spacial score (nSPS) is 12.5. The van der Waals surface area contributed by atoms with E-state index in [1.54, 1.807) is 0 Å². The Morgan fingerprint density at radius 1 is 1.35 bits per heavy atom. The first-order chi connectivity index (χ1) is 7.76. The van der Waals surface area contributed by atoms with Crippen molar-refractivity contribution in [3.05, 3.63) is 23.9 Å². The Morgan fingerprint density at radius 3 is 2.41 bits per heavy atom. The second kappa shape index (κ2) is 4.88. The Kier molecular flexibility index (Phi) is 3.94. The van der Waals surface area contributed by atoms with Crippen molar-refractivity contribution >= 4 is 10.1 Å². The summed E-state index contributed by atoms with van der Waals surface area (Å²) in [7, 11) is -4.20. The number of hydrogen-bond acceptors (Lipinski definition) is 5. The molecule has 0 aromatic carbocycles. The molecule has 0 radical (unpaired) electrons. The highest BCUT2D eigenvalue weighted by atomic mass is 32.2. The predicted octanol–water partition coefficient (Wildman–Crippen LogP) is 1.46. The average Bonchev–Trinajstić information content (AvgIpc) is 2.25. The van der Waals surface area contributed by atoms with Crippen LogP contribution in [0, 0.1) is 0 Å². The van der Waals surface area contributed by atoms with Crippen LogP contribution < -0.4 is 4.74 Å². The highest BCUT2D eigenvalue weighted by molar-refractivity contribution is 7.87. The van der Waals surface area contributed by atoms with Crippen LogP contribution in [0.25, 0.3) is 0 Å². The zero-order valence-electron chi connectivity index (χ0n) is 8.56. The van der Waals surface area contributed by atoms with Gasteiger partial charge in [0.1, 0.15) is 0 Å². The topological polar surface area (TPSA) is 65.5 Å². The van der Waals surface area contributed by atoms with E-state index in [0.29, 0.717) is 0 Å². The quantitative estimate of drug-likeness (QED) is 0.612. The average molecular weight is 271 g/mol. The molecule has 1 heterocycles. The van der Waals surface area contributed by atoms with Gasteiger partial charge in [-0.1, -0.05) is 0 Å². The SMILES string of the molecule is COc1ccc(COS(=O)(=O)C(F)(F)F)cn1. The van der Waals surface area contributed by atoms with Gasteiger partial charge in [0.2, 0.25) is 5.88 Å². The molecule has 0 fully saturated rings. The number of rotatable bonds is 4. The Hall–Kier alpha value is -1.35. The Balaban J connectivity index is 2.68. The number of pyridine rings is 1. The maximum Gasteiger partial charge on any atom is 0.523 e. The van der Waals surface area contributed by atoms with E-state index in [0.717, 1.165) is 6.20 Å². The van der Waals surface area contributed by atoms with E-state index in [1.165, 1.54) is 19.2 Å². The van der Waals surface area contributed by atoms with Crippen LogP contribution in [0.2, 0.25) is 0 Å². The first kappa shape index (κ1) is 13.7. The summed E-state index contributed by atoms with van der Waals surface area (Å²) in [5.74, 6) is 0.257. The Morgan fingerprint density at radius 2 is 2.00 bits per heavy atom. The molecular formula is C8H8F3NO4S. The molecule has 0 unspecified atom stereocenters. The van der Waals surface area contributed by atoms with Gasteiger partial charge in [-0.15, -0.1) is 0 Å². The number of ether oxygens (including phenoxy) is 1. The molecule has 9 heteroatoms. The molecule has 1 rings (SSSR count). The fourth-order valence-electron chi connectivity index (χ4n) is 0.829. The van der Waals surface area contributed by atoms with Crippen molar-refractivity contribution in [2.45, 2.75) is 12.1 Å². The van der Waals surface area contributed by atoms with Gasteiger partial charge in [0.15, 0.2) is 0 Å². The molecule has 0 saturated carbocycles. The number of alkyl halides is 3. The van der Waals surface area contributed by atoms with E-state index in [-0.39, 0.29) is 11.4 Å². The summed E-state index contributed by atoms with van der Waals surface area (Å²) in [6.07, 6.45) is 1.16. The number of nitrogens with zero attached hydrogens (tertiary/aromatic N) is 1. The van der Waals surface area contributed by atoms with Crippen molar-refractivity contribution < 1.29 is 30.5 Å². The smallest absolute Gasteiger partial charge is 0.481 e. The summed E-state index contributed by atoms with van der Waals surface area (Å²) >= 11 is 0. The zero-order valence-corrected chi connectivity index (χ0v) is 9.38. The second-order valence-electron chi connectivity index (χ2n) is 2.87. The predicted molar refractivity (Wildman–Crippen MR) is 50.6 cm³/mol. The number of aromatic nitrogens is 1. The number of hydrogen-bond donors (Lipinski definition) is 0. The lowest BCUT2D eigenvalue weighted by atomic mass is 10.3. The summed E-state index contributed by atoms with van der Waals surface area (Å²) in [5, 5.41) is 0. The maximum atomic E-state index is 11.9. The minimum absolute atomic E-state index is 0.179. The Labute approximate surface area is 95.3 Å². The van der Waals surface area contributed by atoms with Crippen molar-refractivity contribution in [1.29, 1.82) is 0 Å². The van der Waals surface area contributed by atoms with Crippen LogP contribution in [-0.2, 0) is 20.9 Å². The van der Waals surface area contributed by atoms with Crippen LogP contribution in [0.3, 0.4) is 0 Å². The molecule has 1 aromatic rings. The van der Waals surface area contributed by atoms with Crippen LogP contribution in [0.5, 0.6) is 5.88 Å². The molecule has 5 nitrogen and oxygen atoms in total. The largest absolute Gasteiger partial charge is 0.523 e. The van der Waals surface area contributed by atoms with Crippen LogP contribution in [0.15, 0.2) is 18.3 Å². The van der Waals surface area contributed by atoms with Gasteiger partial charge < -0.3 is 4.74 Å². The van der Waals surface area contributed by atoms with E-state index < -0.39 is 22.2 Å². The lowest BCUT2D eigenvalue weighted by molar-refractivity contribution is -0.0548. The standard InChI is InChI=1S/C8H8F3NO4S/c1-15-7-3-2-6(4-12-7)5-16-17(13,14)8(9,10)11/h2-4H,5H2,1H3. The third kappa shape index (κ3) is 3.56. The molecule has 0 spiro atoms. The first-order valence-corrected chi connectivity index (χ1v) is 5.62. The van der Waals surface area contributed by atoms with Gasteiger partial charge in [-0.05, 0) is 11.6 Å². The van der Waals surface area contributed by atoms with E-state index in [1.807, 2.05) is 0 Å². The summed E-state index contributed by atoms with van der Waals surface area (Å²) < 4.78 is 65.4.